The maximum atomic E-state index is 11.3. The Morgan fingerprint density at radius 2 is 2.00 bits per heavy atom. The molecule has 1 aliphatic heterocycles. The van der Waals surface area contributed by atoms with E-state index < -0.39 is 0 Å². The van der Waals surface area contributed by atoms with Crippen LogP contribution < -0.4 is 5.32 Å². The Balaban J connectivity index is 2.29. The number of amides is 1. The largest absolute Gasteiger partial charge is 0.471 e. The van der Waals surface area contributed by atoms with E-state index in [2.05, 4.69) is 19.0 Å². The minimum Gasteiger partial charge on any atom is -0.471 e. The predicted octanol–water partition coefficient (Wildman–Crippen LogP) is -1.88. The molecule has 0 aromatic rings. The highest BCUT2D eigenvalue weighted by Crippen LogP contribution is 1.97. The number of carbonyl (C=O) groups excluding carboxylic acids is 1. The summed E-state index contributed by atoms with van der Waals surface area (Å²) in [7, 11) is 5.63. The zero-order valence-corrected chi connectivity index (χ0v) is 7.62. The van der Waals surface area contributed by atoms with Crippen LogP contribution in [0, 0.1) is 7.05 Å². The third-order valence-electron chi connectivity index (χ3n) is 2.17. The lowest BCUT2D eigenvalue weighted by atomic mass is 10.3. The van der Waals surface area contributed by atoms with Crippen LogP contribution in [0.3, 0.4) is 0 Å². The zero-order chi connectivity index (χ0) is 8.97. The fourth-order valence-electron chi connectivity index (χ4n) is 1.31. The maximum Gasteiger partial charge on any atom is 0.275 e. The minimum atomic E-state index is 0.207. The van der Waals surface area contributed by atoms with Gasteiger partial charge in [0.2, 0.25) is 0 Å². The molecule has 0 atom stereocenters. The molecular weight excluding hydrogens is 154 g/mol. The Labute approximate surface area is 73.5 Å². The molecule has 4 nitrogen and oxygen atoms in total. The van der Waals surface area contributed by atoms with E-state index in [1.165, 1.54) is 0 Å². The van der Waals surface area contributed by atoms with Gasteiger partial charge in [0.05, 0.1) is 0 Å². The van der Waals surface area contributed by atoms with Gasteiger partial charge in [-0.15, -0.1) is 0 Å². The van der Waals surface area contributed by atoms with Gasteiger partial charge >= 0.3 is 0 Å². The van der Waals surface area contributed by atoms with Crippen molar-refractivity contribution in [2.75, 3.05) is 39.8 Å². The van der Waals surface area contributed by atoms with Crippen molar-refractivity contribution in [2.45, 2.75) is 0 Å². The van der Waals surface area contributed by atoms with Crippen molar-refractivity contribution in [3.63, 3.8) is 0 Å². The van der Waals surface area contributed by atoms with Crippen molar-refractivity contribution in [2.24, 2.45) is 0 Å². The summed E-state index contributed by atoms with van der Waals surface area (Å²) in [5.74, 6) is 0.207. The summed E-state index contributed by atoms with van der Waals surface area (Å²) in [6.07, 6.45) is 0. The molecule has 0 spiro atoms. The van der Waals surface area contributed by atoms with Gasteiger partial charge in [-0.1, -0.05) is 0 Å². The lowest BCUT2D eigenvalue weighted by molar-refractivity contribution is -0.584. The van der Waals surface area contributed by atoms with Crippen LogP contribution in [0.15, 0.2) is 0 Å². The average molecular weight is 171 g/mol. The quantitative estimate of drug-likeness (QED) is 0.494. The Kier molecular flexibility index (Phi) is 3.49. The molecule has 1 aliphatic rings. The number of carbonyl (C=O) groups is 1. The molecule has 0 saturated carbocycles. The summed E-state index contributed by atoms with van der Waals surface area (Å²) >= 11 is 0. The van der Waals surface area contributed by atoms with E-state index in [0.29, 0.717) is 6.54 Å². The molecule has 0 radical (unpaired) electrons. The third kappa shape index (κ3) is 2.46. The number of likely N-dealkylation sites (N-methyl/N-ethyl adjacent to an activating group) is 1. The highest BCUT2D eigenvalue weighted by Gasteiger charge is 2.18. The molecule has 1 rings (SSSR count). The maximum absolute atomic E-state index is 11.3. The van der Waals surface area contributed by atoms with E-state index in [1.54, 1.807) is 5.32 Å². The Bertz CT molecular complexity index is 152. The number of hydrogen-bond acceptors (Lipinski definition) is 2. The van der Waals surface area contributed by atoms with Gasteiger partial charge in [-0.25, -0.2) is 0 Å². The van der Waals surface area contributed by atoms with Crippen molar-refractivity contribution >= 4 is 5.91 Å². The smallest absolute Gasteiger partial charge is 0.275 e. The molecule has 70 valence electrons. The Hall–Kier alpha value is -0.610. The third-order valence-corrected chi connectivity index (χ3v) is 2.17. The molecule has 1 fully saturated rings. The topological polar surface area (TPSA) is 40.2 Å². The number of hydrogen-bond donors (Lipinski definition) is 1. The summed E-state index contributed by atoms with van der Waals surface area (Å²) in [4.78, 5) is 15.5. The number of nitrogens with zero attached hydrogens (tertiary/aromatic N) is 2. The minimum absolute atomic E-state index is 0.207. The van der Waals surface area contributed by atoms with Crippen molar-refractivity contribution < 1.29 is 10.1 Å². The molecule has 1 saturated heterocycles. The Morgan fingerprint density at radius 1 is 1.42 bits per heavy atom. The molecule has 0 unspecified atom stereocenters. The fraction of sp³-hybridized carbons (Fsp3) is 0.750. The number of nitrogens with two attached hydrogens (primary N) is 1. The van der Waals surface area contributed by atoms with Crippen LogP contribution in [0.5, 0.6) is 0 Å². The van der Waals surface area contributed by atoms with E-state index in [0.717, 1.165) is 26.2 Å². The normalized spacial score (nSPS) is 19.7. The van der Waals surface area contributed by atoms with Gasteiger partial charge in [0, 0.05) is 26.2 Å². The van der Waals surface area contributed by atoms with Crippen molar-refractivity contribution in [1.82, 2.24) is 9.80 Å². The molecule has 0 aromatic carbocycles. The SMILES string of the molecule is [CH2-][NH2+]CC(=O)N1CCN(C)CC1. The number of piperazine rings is 1. The highest BCUT2D eigenvalue weighted by molar-refractivity contribution is 5.77. The molecule has 1 heterocycles. The summed E-state index contributed by atoms with van der Waals surface area (Å²) in [6.45, 7) is 4.18. The van der Waals surface area contributed by atoms with E-state index >= 15 is 0 Å². The number of rotatable bonds is 2. The monoisotopic (exact) mass is 171 g/mol. The van der Waals surface area contributed by atoms with E-state index in [4.69, 9.17) is 0 Å². The molecular formula is C8H17N3O. The van der Waals surface area contributed by atoms with Gasteiger partial charge in [-0.3, -0.25) is 4.79 Å². The Morgan fingerprint density at radius 3 is 2.50 bits per heavy atom. The lowest BCUT2D eigenvalue weighted by Crippen LogP contribution is -2.80. The van der Waals surface area contributed by atoms with Gasteiger partial charge < -0.3 is 15.1 Å². The van der Waals surface area contributed by atoms with Crippen LogP contribution >= 0.6 is 0 Å². The predicted molar refractivity (Wildman–Crippen MR) is 46.2 cm³/mol. The molecule has 0 aromatic heterocycles. The van der Waals surface area contributed by atoms with Gasteiger partial charge in [0.15, 0.2) is 0 Å². The molecule has 0 bridgehead atoms. The fourth-order valence-corrected chi connectivity index (χ4v) is 1.31. The molecule has 1 amide bonds. The van der Waals surface area contributed by atoms with E-state index in [-0.39, 0.29) is 5.91 Å². The van der Waals surface area contributed by atoms with Crippen molar-refractivity contribution in [3.8, 4) is 0 Å². The van der Waals surface area contributed by atoms with Gasteiger partial charge in [-0.05, 0) is 7.05 Å². The molecule has 12 heavy (non-hydrogen) atoms. The summed E-state index contributed by atoms with van der Waals surface area (Å²) in [6, 6.07) is 0. The second kappa shape index (κ2) is 4.42. The average Bonchev–Trinajstić information content (AvgIpc) is 2.06. The zero-order valence-electron chi connectivity index (χ0n) is 7.62. The van der Waals surface area contributed by atoms with Crippen LogP contribution in [0.1, 0.15) is 0 Å². The molecule has 0 aliphatic carbocycles. The van der Waals surface area contributed by atoms with Crippen LogP contribution in [-0.4, -0.2) is 55.5 Å². The number of quaternary nitrogens is 1. The summed E-state index contributed by atoms with van der Waals surface area (Å²) in [5, 5.41) is 1.67. The van der Waals surface area contributed by atoms with E-state index in [9.17, 15) is 4.79 Å². The van der Waals surface area contributed by atoms with Crippen LogP contribution in [-0.2, 0) is 4.79 Å². The van der Waals surface area contributed by atoms with Gasteiger partial charge in [-0.2, -0.15) is 7.05 Å². The first-order valence-corrected chi connectivity index (χ1v) is 4.31. The summed E-state index contributed by atoms with van der Waals surface area (Å²) < 4.78 is 0. The van der Waals surface area contributed by atoms with Gasteiger partial charge in [0.25, 0.3) is 5.91 Å². The van der Waals surface area contributed by atoms with Crippen LogP contribution in [0.4, 0.5) is 0 Å². The lowest BCUT2D eigenvalue weighted by Gasteiger charge is -2.32. The van der Waals surface area contributed by atoms with Crippen molar-refractivity contribution in [1.29, 1.82) is 0 Å². The van der Waals surface area contributed by atoms with Crippen molar-refractivity contribution in [3.05, 3.63) is 7.05 Å². The van der Waals surface area contributed by atoms with Crippen LogP contribution in [0.2, 0.25) is 0 Å². The van der Waals surface area contributed by atoms with Gasteiger partial charge in [0.1, 0.15) is 6.54 Å². The first-order valence-electron chi connectivity index (χ1n) is 4.31. The molecule has 4 heteroatoms. The second-order valence-corrected chi connectivity index (χ2v) is 3.18. The highest BCUT2D eigenvalue weighted by atomic mass is 16.2. The summed E-state index contributed by atoms with van der Waals surface area (Å²) in [5.41, 5.74) is 0. The second-order valence-electron chi connectivity index (χ2n) is 3.18. The first kappa shape index (κ1) is 9.48. The molecule has 2 N–H and O–H groups in total. The van der Waals surface area contributed by atoms with Crippen LogP contribution in [0.25, 0.3) is 0 Å². The van der Waals surface area contributed by atoms with E-state index in [1.807, 2.05) is 4.90 Å². The first-order chi connectivity index (χ1) is 5.74. The standard InChI is InChI=1S/C8H17N3O/c1-9-7-8(12)11-5-3-10(2)4-6-11/h1,3-7,9H2,2H3.